The van der Waals surface area contributed by atoms with Gasteiger partial charge in [0.2, 0.25) is 5.91 Å². The number of nitrogen functional groups attached to an aromatic ring is 1. The van der Waals surface area contributed by atoms with Gasteiger partial charge in [0.1, 0.15) is 0 Å². The summed E-state index contributed by atoms with van der Waals surface area (Å²) in [7, 11) is 0. The average Bonchev–Trinajstić information content (AvgIpc) is 2.69. The molecule has 1 aliphatic rings. The maximum absolute atomic E-state index is 12.7. The van der Waals surface area contributed by atoms with E-state index in [9.17, 15) is 14.4 Å². The van der Waals surface area contributed by atoms with Gasteiger partial charge in [-0.15, -0.1) is 0 Å². The first-order valence-corrected chi connectivity index (χ1v) is 9.49. The Morgan fingerprint density at radius 1 is 1.04 bits per heavy atom. The lowest BCUT2D eigenvalue weighted by Crippen LogP contribution is -2.49. The largest absolute Gasteiger partial charge is 0.399 e. The molecule has 0 aliphatic carbocycles. The molecule has 0 unspecified atom stereocenters. The maximum Gasteiger partial charge on any atom is 0.323 e. The number of anilines is 2. The fourth-order valence-electron chi connectivity index (χ4n) is 3.62. The molecular weight excluding hydrogens is 354 g/mol. The van der Waals surface area contributed by atoms with Gasteiger partial charge in [-0.3, -0.25) is 14.4 Å². The van der Waals surface area contributed by atoms with Crippen molar-refractivity contribution < 1.29 is 14.4 Å². The van der Waals surface area contributed by atoms with Gasteiger partial charge in [0, 0.05) is 25.7 Å². The van der Waals surface area contributed by atoms with Crippen LogP contribution < -0.4 is 10.6 Å². The van der Waals surface area contributed by atoms with Crippen LogP contribution >= 0.6 is 0 Å². The Morgan fingerprint density at radius 3 is 2.32 bits per heavy atom. The number of hydrogen-bond acceptors (Lipinski definition) is 4. The van der Waals surface area contributed by atoms with Crippen LogP contribution in [0.4, 0.5) is 11.4 Å². The Labute approximate surface area is 164 Å². The third kappa shape index (κ3) is 4.57. The maximum atomic E-state index is 12.7. The van der Waals surface area contributed by atoms with Crippen LogP contribution in [0, 0.1) is 5.92 Å². The molecule has 1 heterocycles. The molecule has 0 radical (unpaired) electrons. The Hall–Kier alpha value is -3.15. The number of imide groups is 1. The normalized spacial score (nSPS) is 14.5. The van der Waals surface area contributed by atoms with E-state index in [2.05, 4.69) is 12.1 Å². The number of carbonyl (C=O) groups is 3. The summed E-state index contributed by atoms with van der Waals surface area (Å²) in [5.74, 6) is -1.50. The molecule has 0 aromatic heterocycles. The summed E-state index contributed by atoms with van der Waals surface area (Å²) in [6, 6.07) is 16.7. The van der Waals surface area contributed by atoms with Gasteiger partial charge in [-0.05, 0) is 48.9 Å². The van der Waals surface area contributed by atoms with Gasteiger partial charge < -0.3 is 10.6 Å². The fraction of sp³-hybridized carbons (Fsp3) is 0.318. The highest BCUT2D eigenvalue weighted by Gasteiger charge is 2.32. The molecule has 0 spiro atoms. The highest BCUT2D eigenvalue weighted by Crippen LogP contribution is 2.23. The predicted molar refractivity (Wildman–Crippen MR) is 108 cm³/mol. The van der Waals surface area contributed by atoms with Crippen LogP contribution in [0.15, 0.2) is 54.6 Å². The van der Waals surface area contributed by atoms with E-state index in [4.69, 9.17) is 5.73 Å². The minimum Gasteiger partial charge on any atom is -0.399 e. The number of rotatable bonds is 3. The van der Waals surface area contributed by atoms with E-state index in [-0.39, 0.29) is 0 Å². The minimum atomic E-state index is -0.834. The summed E-state index contributed by atoms with van der Waals surface area (Å²) in [4.78, 5) is 39.9. The van der Waals surface area contributed by atoms with E-state index < -0.39 is 17.7 Å². The molecule has 2 aromatic rings. The van der Waals surface area contributed by atoms with Crippen molar-refractivity contribution in [3.63, 3.8) is 0 Å². The Balaban J connectivity index is 1.63. The number of hydrogen-bond donors (Lipinski definition) is 1. The van der Waals surface area contributed by atoms with Gasteiger partial charge in [0.15, 0.2) is 0 Å². The summed E-state index contributed by atoms with van der Waals surface area (Å²) in [6.07, 6.45) is 2.65. The van der Waals surface area contributed by atoms with Crippen molar-refractivity contribution in [1.29, 1.82) is 0 Å². The fourth-order valence-corrected chi connectivity index (χ4v) is 3.62. The summed E-state index contributed by atoms with van der Waals surface area (Å²) < 4.78 is 0. The number of likely N-dealkylation sites (tertiary alicyclic amines) is 1. The number of benzene rings is 2. The van der Waals surface area contributed by atoms with E-state index in [0.717, 1.165) is 24.2 Å². The second-order valence-corrected chi connectivity index (χ2v) is 7.18. The molecule has 6 nitrogen and oxygen atoms in total. The van der Waals surface area contributed by atoms with Crippen molar-refractivity contribution in [1.82, 2.24) is 4.90 Å². The summed E-state index contributed by atoms with van der Waals surface area (Å²) in [6.45, 7) is 2.30. The lowest BCUT2D eigenvalue weighted by atomic mass is 9.90. The van der Waals surface area contributed by atoms with Gasteiger partial charge >= 0.3 is 11.8 Å². The van der Waals surface area contributed by atoms with Crippen molar-refractivity contribution >= 4 is 29.1 Å². The molecule has 6 heteroatoms. The summed E-state index contributed by atoms with van der Waals surface area (Å²) in [5.41, 5.74) is 7.77. The van der Waals surface area contributed by atoms with Gasteiger partial charge in [-0.2, -0.15) is 0 Å². The SMILES string of the molecule is CC(=O)N(C(=O)C(=O)N1CCC(Cc2ccccc2)CC1)c1cccc(N)c1. The van der Waals surface area contributed by atoms with Gasteiger partial charge in [0.05, 0.1) is 5.69 Å². The zero-order valence-electron chi connectivity index (χ0n) is 16.0. The first-order chi connectivity index (χ1) is 13.5. The van der Waals surface area contributed by atoms with E-state index in [1.165, 1.54) is 18.6 Å². The summed E-state index contributed by atoms with van der Waals surface area (Å²) >= 11 is 0. The average molecular weight is 379 g/mol. The second kappa shape index (κ2) is 8.69. The molecular formula is C22H25N3O3. The second-order valence-electron chi connectivity index (χ2n) is 7.18. The third-order valence-corrected chi connectivity index (χ3v) is 5.10. The smallest absolute Gasteiger partial charge is 0.323 e. The van der Waals surface area contributed by atoms with Crippen LogP contribution in [0.1, 0.15) is 25.3 Å². The van der Waals surface area contributed by atoms with Gasteiger partial charge in [-0.25, -0.2) is 4.90 Å². The van der Waals surface area contributed by atoms with Crippen LogP contribution in [-0.4, -0.2) is 35.7 Å². The highest BCUT2D eigenvalue weighted by molar-refractivity contribution is 6.45. The van der Waals surface area contributed by atoms with E-state index in [1.54, 1.807) is 23.1 Å². The van der Waals surface area contributed by atoms with Crippen molar-refractivity contribution in [2.45, 2.75) is 26.2 Å². The first kappa shape index (κ1) is 19.6. The standard InChI is InChI=1S/C22H25N3O3/c1-16(26)25(20-9-5-8-19(23)15-20)22(28)21(27)24-12-10-18(11-13-24)14-17-6-3-2-4-7-17/h2-9,15,18H,10-14,23H2,1H3. The molecule has 0 atom stereocenters. The molecule has 146 valence electrons. The number of carbonyl (C=O) groups excluding carboxylic acids is 3. The lowest BCUT2D eigenvalue weighted by molar-refractivity contribution is -0.146. The van der Waals surface area contributed by atoms with Gasteiger partial charge in [0.25, 0.3) is 0 Å². The molecule has 1 aliphatic heterocycles. The predicted octanol–water partition coefficient (Wildman–Crippen LogP) is 2.63. The topological polar surface area (TPSA) is 83.7 Å². The molecule has 3 rings (SSSR count). The van der Waals surface area contributed by atoms with Crippen molar-refractivity contribution in [3.8, 4) is 0 Å². The number of nitrogens with two attached hydrogens (primary N) is 1. The van der Waals surface area contributed by atoms with E-state index in [1.807, 2.05) is 18.2 Å². The quantitative estimate of drug-likeness (QED) is 0.656. The number of amides is 3. The number of nitrogens with zero attached hydrogens (tertiary/aromatic N) is 2. The molecule has 1 saturated heterocycles. The molecule has 2 aromatic carbocycles. The molecule has 0 saturated carbocycles. The van der Waals surface area contributed by atoms with Crippen molar-refractivity contribution in [2.75, 3.05) is 23.7 Å². The molecule has 2 N–H and O–H groups in total. The zero-order chi connectivity index (χ0) is 20.1. The van der Waals surface area contributed by atoms with Crippen molar-refractivity contribution in [3.05, 3.63) is 60.2 Å². The zero-order valence-corrected chi connectivity index (χ0v) is 16.0. The first-order valence-electron chi connectivity index (χ1n) is 9.49. The monoisotopic (exact) mass is 379 g/mol. The van der Waals surface area contributed by atoms with Crippen LogP contribution in [0.2, 0.25) is 0 Å². The molecule has 3 amide bonds. The number of piperidine rings is 1. The van der Waals surface area contributed by atoms with Crippen LogP contribution in [0.25, 0.3) is 0 Å². The Kier molecular flexibility index (Phi) is 6.09. The Bertz CT molecular complexity index is 858. The molecule has 0 bridgehead atoms. The van der Waals surface area contributed by atoms with E-state index in [0.29, 0.717) is 30.4 Å². The minimum absolute atomic E-state index is 0.310. The van der Waals surface area contributed by atoms with Gasteiger partial charge in [-0.1, -0.05) is 36.4 Å². The molecule has 28 heavy (non-hydrogen) atoms. The highest BCUT2D eigenvalue weighted by atomic mass is 16.2. The van der Waals surface area contributed by atoms with E-state index >= 15 is 0 Å². The lowest BCUT2D eigenvalue weighted by Gasteiger charge is -2.32. The van der Waals surface area contributed by atoms with Crippen molar-refractivity contribution in [2.24, 2.45) is 5.92 Å². The summed E-state index contributed by atoms with van der Waals surface area (Å²) in [5, 5.41) is 0. The molecule has 1 fully saturated rings. The third-order valence-electron chi connectivity index (χ3n) is 5.10. The van der Waals surface area contributed by atoms with Crippen LogP contribution in [-0.2, 0) is 20.8 Å². The Morgan fingerprint density at radius 2 is 1.71 bits per heavy atom. The van der Waals surface area contributed by atoms with Crippen LogP contribution in [0.5, 0.6) is 0 Å². The van der Waals surface area contributed by atoms with Crippen LogP contribution in [0.3, 0.4) is 0 Å².